The first kappa shape index (κ1) is 13.9. The van der Waals surface area contributed by atoms with E-state index in [2.05, 4.69) is 15.0 Å². The quantitative estimate of drug-likeness (QED) is 0.350. The zero-order valence-electron chi connectivity index (χ0n) is 10.9. The molecule has 9 nitrogen and oxygen atoms in total. The molecule has 1 aromatic heterocycles. The van der Waals surface area contributed by atoms with Crippen LogP contribution in [-0.2, 0) is 9.53 Å². The van der Waals surface area contributed by atoms with Gasteiger partial charge >= 0.3 is 12.0 Å². The molecule has 1 unspecified atom stereocenters. The maximum absolute atomic E-state index is 11.8. The lowest BCUT2D eigenvalue weighted by Gasteiger charge is -2.10. The standard InChI is InChI=1S/C11H13N5O4/c1-2-19-10(18)8-5-13-11(20-8)16-6-7(3-9(16)17)4-14-15-12/h5,7H,2-4,6H2,1H3. The Balaban J connectivity index is 2.06. The summed E-state index contributed by atoms with van der Waals surface area (Å²) < 4.78 is 9.99. The third kappa shape index (κ3) is 2.89. The summed E-state index contributed by atoms with van der Waals surface area (Å²) in [4.78, 5) is 31.2. The van der Waals surface area contributed by atoms with Crippen LogP contribution in [0.15, 0.2) is 15.7 Å². The van der Waals surface area contributed by atoms with Crippen LogP contribution in [0.3, 0.4) is 0 Å². The largest absolute Gasteiger partial charge is 0.460 e. The van der Waals surface area contributed by atoms with E-state index in [9.17, 15) is 9.59 Å². The molecule has 0 N–H and O–H groups in total. The number of carbonyl (C=O) groups is 2. The molecule has 2 heterocycles. The van der Waals surface area contributed by atoms with Crippen molar-refractivity contribution < 1.29 is 18.7 Å². The first-order valence-corrected chi connectivity index (χ1v) is 6.09. The van der Waals surface area contributed by atoms with Gasteiger partial charge in [-0.15, -0.1) is 0 Å². The highest BCUT2D eigenvalue weighted by molar-refractivity contribution is 5.94. The number of oxazole rings is 1. The molecule has 20 heavy (non-hydrogen) atoms. The normalized spacial score (nSPS) is 17.9. The summed E-state index contributed by atoms with van der Waals surface area (Å²) in [6, 6.07) is 0.0569. The summed E-state index contributed by atoms with van der Waals surface area (Å²) in [5, 5.41) is 3.45. The van der Waals surface area contributed by atoms with Crippen LogP contribution < -0.4 is 4.90 Å². The Morgan fingerprint density at radius 2 is 2.55 bits per heavy atom. The lowest BCUT2D eigenvalue weighted by Crippen LogP contribution is -2.25. The summed E-state index contributed by atoms with van der Waals surface area (Å²) >= 11 is 0. The minimum Gasteiger partial charge on any atom is -0.460 e. The predicted molar refractivity (Wildman–Crippen MR) is 66.9 cm³/mol. The molecule has 0 aromatic carbocycles. The fraction of sp³-hybridized carbons (Fsp3) is 0.545. The van der Waals surface area contributed by atoms with Crippen molar-refractivity contribution in [3.05, 3.63) is 22.4 Å². The van der Waals surface area contributed by atoms with Gasteiger partial charge in [-0.3, -0.25) is 9.69 Å². The molecule has 1 aliphatic heterocycles. The summed E-state index contributed by atoms with van der Waals surface area (Å²) in [6.07, 6.45) is 1.48. The minimum absolute atomic E-state index is 0.0480. The van der Waals surface area contributed by atoms with Gasteiger partial charge in [0.1, 0.15) is 0 Å². The van der Waals surface area contributed by atoms with Gasteiger partial charge in [0.15, 0.2) is 0 Å². The number of hydrogen-bond donors (Lipinski definition) is 0. The van der Waals surface area contributed by atoms with E-state index in [0.717, 1.165) is 0 Å². The zero-order valence-corrected chi connectivity index (χ0v) is 10.9. The maximum Gasteiger partial charge on any atom is 0.376 e. The highest BCUT2D eigenvalue weighted by Gasteiger charge is 2.33. The Kier molecular flexibility index (Phi) is 4.21. The number of carbonyl (C=O) groups excluding carboxylic acids is 2. The van der Waals surface area contributed by atoms with E-state index in [1.807, 2.05) is 0 Å². The Labute approximate surface area is 114 Å². The van der Waals surface area contributed by atoms with Crippen molar-refractivity contribution in [3.8, 4) is 0 Å². The van der Waals surface area contributed by atoms with Crippen LogP contribution in [-0.4, -0.2) is 36.6 Å². The SMILES string of the molecule is CCOC(=O)c1cnc(N2CC(CN=[N+]=[N-])CC2=O)o1. The van der Waals surface area contributed by atoms with Gasteiger partial charge in [0.25, 0.3) is 0 Å². The molecule has 1 amide bonds. The van der Waals surface area contributed by atoms with Gasteiger partial charge in [-0.05, 0) is 18.4 Å². The summed E-state index contributed by atoms with van der Waals surface area (Å²) in [7, 11) is 0. The first-order valence-electron chi connectivity index (χ1n) is 6.09. The molecule has 0 aliphatic carbocycles. The maximum atomic E-state index is 11.8. The second-order valence-electron chi connectivity index (χ2n) is 4.22. The third-order valence-corrected chi connectivity index (χ3v) is 2.81. The van der Waals surface area contributed by atoms with Gasteiger partial charge < -0.3 is 9.15 Å². The zero-order chi connectivity index (χ0) is 14.5. The van der Waals surface area contributed by atoms with E-state index < -0.39 is 5.97 Å². The van der Waals surface area contributed by atoms with E-state index in [1.54, 1.807) is 6.92 Å². The van der Waals surface area contributed by atoms with Crippen molar-refractivity contribution in [1.29, 1.82) is 0 Å². The molecule has 106 valence electrons. The van der Waals surface area contributed by atoms with E-state index in [1.165, 1.54) is 11.1 Å². The van der Waals surface area contributed by atoms with E-state index in [-0.39, 0.29) is 43.2 Å². The Hall–Kier alpha value is -2.54. The van der Waals surface area contributed by atoms with Crippen molar-refractivity contribution in [3.63, 3.8) is 0 Å². The smallest absolute Gasteiger partial charge is 0.376 e. The van der Waals surface area contributed by atoms with Crippen LogP contribution >= 0.6 is 0 Å². The number of aromatic nitrogens is 1. The van der Waals surface area contributed by atoms with Crippen LogP contribution in [0.4, 0.5) is 6.01 Å². The van der Waals surface area contributed by atoms with Gasteiger partial charge in [0, 0.05) is 24.4 Å². The van der Waals surface area contributed by atoms with Crippen molar-refractivity contribution in [2.24, 2.45) is 11.0 Å². The number of amides is 1. The number of esters is 1. The molecule has 2 rings (SSSR count). The molecule has 9 heteroatoms. The fourth-order valence-corrected chi connectivity index (χ4v) is 1.93. The van der Waals surface area contributed by atoms with E-state index in [0.29, 0.717) is 6.54 Å². The van der Waals surface area contributed by atoms with Gasteiger partial charge in [0.05, 0.1) is 12.8 Å². The number of azide groups is 1. The van der Waals surface area contributed by atoms with E-state index in [4.69, 9.17) is 14.7 Å². The van der Waals surface area contributed by atoms with Crippen LogP contribution in [0.2, 0.25) is 0 Å². The molecule has 1 fully saturated rings. The van der Waals surface area contributed by atoms with Crippen LogP contribution in [0.25, 0.3) is 10.4 Å². The number of anilines is 1. The van der Waals surface area contributed by atoms with Crippen LogP contribution in [0.5, 0.6) is 0 Å². The van der Waals surface area contributed by atoms with Gasteiger partial charge in [-0.1, -0.05) is 5.11 Å². The summed E-state index contributed by atoms with van der Waals surface area (Å²) in [6.45, 7) is 2.50. The Morgan fingerprint density at radius 1 is 1.75 bits per heavy atom. The molecule has 1 aliphatic rings. The molecular formula is C11H13N5O4. The number of nitrogens with zero attached hydrogens (tertiary/aromatic N) is 5. The molecule has 1 saturated heterocycles. The molecule has 1 atom stereocenters. The number of rotatable bonds is 5. The Morgan fingerprint density at radius 3 is 3.25 bits per heavy atom. The lowest BCUT2D eigenvalue weighted by molar-refractivity contribution is -0.117. The molecule has 0 saturated carbocycles. The molecule has 0 radical (unpaired) electrons. The van der Waals surface area contributed by atoms with Crippen molar-refractivity contribution >= 4 is 17.9 Å². The predicted octanol–water partition coefficient (Wildman–Crippen LogP) is 1.51. The van der Waals surface area contributed by atoms with Crippen LogP contribution in [0.1, 0.15) is 23.9 Å². The molecule has 1 aromatic rings. The molecular weight excluding hydrogens is 266 g/mol. The van der Waals surface area contributed by atoms with Crippen molar-refractivity contribution in [1.82, 2.24) is 4.98 Å². The lowest BCUT2D eigenvalue weighted by atomic mass is 10.1. The van der Waals surface area contributed by atoms with Gasteiger partial charge in [-0.25, -0.2) is 9.78 Å². The van der Waals surface area contributed by atoms with Gasteiger partial charge in [-0.2, -0.15) is 0 Å². The average molecular weight is 279 g/mol. The highest BCUT2D eigenvalue weighted by atomic mass is 16.5. The summed E-state index contributed by atoms with van der Waals surface area (Å²) in [5.41, 5.74) is 8.27. The average Bonchev–Trinajstić information content (AvgIpc) is 3.03. The van der Waals surface area contributed by atoms with Gasteiger partial charge in [0.2, 0.25) is 11.7 Å². The third-order valence-electron chi connectivity index (χ3n) is 2.81. The van der Waals surface area contributed by atoms with Crippen LogP contribution in [0, 0.1) is 5.92 Å². The number of ether oxygens (including phenoxy) is 1. The topological polar surface area (TPSA) is 121 Å². The van der Waals surface area contributed by atoms with Crippen molar-refractivity contribution in [2.75, 3.05) is 24.6 Å². The second-order valence-corrected chi connectivity index (χ2v) is 4.22. The first-order chi connectivity index (χ1) is 9.65. The summed E-state index contributed by atoms with van der Waals surface area (Å²) in [5.74, 6) is -0.923. The minimum atomic E-state index is -0.622. The molecule has 0 bridgehead atoms. The number of hydrogen-bond acceptors (Lipinski definition) is 6. The van der Waals surface area contributed by atoms with Crippen molar-refractivity contribution in [2.45, 2.75) is 13.3 Å². The highest BCUT2D eigenvalue weighted by Crippen LogP contribution is 2.25. The Bertz CT molecular complexity index is 563. The monoisotopic (exact) mass is 279 g/mol. The van der Waals surface area contributed by atoms with E-state index >= 15 is 0 Å². The fourth-order valence-electron chi connectivity index (χ4n) is 1.93. The second kappa shape index (κ2) is 6.07. The molecule has 0 spiro atoms.